The molecule has 11 heavy (non-hydrogen) atoms. The van der Waals surface area contributed by atoms with Gasteiger partial charge in [-0.15, -0.1) is 11.3 Å². The van der Waals surface area contributed by atoms with E-state index < -0.39 is 0 Å². The van der Waals surface area contributed by atoms with Gasteiger partial charge in [-0.25, -0.2) is 0 Å². The summed E-state index contributed by atoms with van der Waals surface area (Å²) < 4.78 is 0.970. The van der Waals surface area contributed by atoms with Crippen LogP contribution in [0.1, 0.15) is 24.3 Å². The Balaban J connectivity index is 2.88. The summed E-state index contributed by atoms with van der Waals surface area (Å²) >= 11 is 10.8. The molecule has 0 aliphatic heterocycles. The molecule has 0 unspecified atom stereocenters. The average Bonchev–Trinajstić information content (AvgIpc) is 2.31. The second-order valence-electron chi connectivity index (χ2n) is 2.29. The predicted molar refractivity (Wildman–Crippen MR) is 54.2 cm³/mol. The Morgan fingerprint density at radius 2 is 2.45 bits per heavy atom. The molecule has 62 valence electrons. The van der Waals surface area contributed by atoms with Gasteiger partial charge >= 0.3 is 0 Å². The summed E-state index contributed by atoms with van der Waals surface area (Å²) in [6.07, 6.45) is 0.948. The lowest BCUT2D eigenvalue weighted by atomic mass is 10.2. The zero-order chi connectivity index (χ0) is 8.43. The van der Waals surface area contributed by atoms with E-state index in [0.29, 0.717) is 0 Å². The molecule has 0 saturated heterocycles. The molecule has 0 spiro atoms. The summed E-state index contributed by atoms with van der Waals surface area (Å²) in [5, 5.41) is 0.758. The molecular weight excluding hydrogens is 246 g/mol. The van der Waals surface area contributed by atoms with Crippen LogP contribution in [0.15, 0.2) is 9.85 Å². The van der Waals surface area contributed by atoms with E-state index in [4.69, 9.17) is 17.3 Å². The van der Waals surface area contributed by atoms with Crippen molar-refractivity contribution in [2.24, 2.45) is 5.73 Å². The molecule has 1 aromatic heterocycles. The quantitative estimate of drug-likeness (QED) is 0.858. The summed E-state index contributed by atoms with van der Waals surface area (Å²) in [7, 11) is 0. The summed E-state index contributed by atoms with van der Waals surface area (Å²) in [6, 6.07) is 2.05. The average molecular weight is 255 g/mol. The smallest absolute Gasteiger partial charge is 0.0887 e. The van der Waals surface area contributed by atoms with Gasteiger partial charge in [-0.1, -0.05) is 18.5 Å². The molecule has 1 nitrogen and oxygen atoms in total. The Morgan fingerprint density at radius 1 is 1.82 bits per heavy atom. The van der Waals surface area contributed by atoms with Crippen LogP contribution in [0.2, 0.25) is 5.02 Å². The van der Waals surface area contributed by atoms with Gasteiger partial charge in [0.2, 0.25) is 0 Å². The van der Waals surface area contributed by atoms with Gasteiger partial charge < -0.3 is 5.73 Å². The van der Waals surface area contributed by atoms with Crippen molar-refractivity contribution in [1.82, 2.24) is 0 Å². The fraction of sp³-hybridized carbons (Fsp3) is 0.429. The van der Waals surface area contributed by atoms with Crippen LogP contribution >= 0.6 is 38.9 Å². The van der Waals surface area contributed by atoms with Gasteiger partial charge in [-0.05, 0) is 28.4 Å². The van der Waals surface area contributed by atoms with Crippen molar-refractivity contribution in [1.29, 1.82) is 0 Å². The summed E-state index contributed by atoms with van der Waals surface area (Å²) in [4.78, 5) is 1.14. The first kappa shape index (κ1) is 9.52. The minimum Gasteiger partial charge on any atom is -0.323 e. The largest absolute Gasteiger partial charge is 0.323 e. The van der Waals surface area contributed by atoms with Crippen molar-refractivity contribution in [2.45, 2.75) is 19.4 Å². The number of nitrogens with two attached hydrogens (primary N) is 1. The molecule has 0 fully saturated rings. The van der Waals surface area contributed by atoms with Crippen LogP contribution in [0.3, 0.4) is 0 Å². The maximum Gasteiger partial charge on any atom is 0.0887 e. The van der Waals surface area contributed by atoms with Gasteiger partial charge in [0.05, 0.1) is 8.81 Å². The lowest BCUT2D eigenvalue weighted by Crippen LogP contribution is -2.05. The molecule has 0 radical (unpaired) electrons. The van der Waals surface area contributed by atoms with Gasteiger partial charge in [-0.3, -0.25) is 0 Å². The Labute approximate surface area is 83.7 Å². The molecule has 1 aromatic rings. The van der Waals surface area contributed by atoms with Gasteiger partial charge in [0.25, 0.3) is 0 Å². The van der Waals surface area contributed by atoms with E-state index in [9.17, 15) is 0 Å². The zero-order valence-corrected chi connectivity index (χ0v) is 9.26. The first-order chi connectivity index (χ1) is 5.15. The Hall–Kier alpha value is 0.430. The van der Waals surface area contributed by atoms with Crippen LogP contribution in [0.25, 0.3) is 0 Å². The topological polar surface area (TPSA) is 26.0 Å². The second kappa shape index (κ2) is 3.90. The van der Waals surface area contributed by atoms with Crippen LogP contribution in [0.5, 0.6) is 0 Å². The van der Waals surface area contributed by atoms with E-state index in [1.54, 1.807) is 11.3 Å². The normalized spacial score (nSPS) is 13.5. The monoisotopic (exact) mass is 253 g/mol. The van der Waals surface area contributed by atoms with E-state index in [1.165, 1.54) is 0 Å². The second-order valence-corrected chi connectivity index (χ2v) is 5.09. The number of rotatable bonds is 2. The minimum atomic E-state index is 0.129. The molecule has 0 bridgehead atoms. The number of thiophene rings is 1. The Kier molecular flexibility index (Phi) is 3.37. The van der Waals surface area contributed by atoms with Crippen LogP contribution in [0.4, 0.5) is 0 Å². The summed E-state index contributed by atoms with van der Waals surface area (Å²) in [5.41, 5.74) is 5.81. The highest BCUT2D eigenvalue weighted by Crippen LogP contribution is 2.35. The minimum absolute atomic E-state index is 0.129. The van der Waals surface area contributed by atoms with Crippen molar-refractivity contribution in [3.05, 3.63) is 19.8 Å². The van der Waals surface area contributed by atoms with Gasteiger partial charge in [0.1, 0.15) is 0 Å². The highest BCUT2D eigenvalue weighted by atomic mass is 79.9. The van der Waals surface area contributed by atoms with Crippen LogP contribution in [-0.4, -0.2) is 0 Å². The van der Waals surface area contributed by atoms with E-state index in [1.807, 2.05) is 6.07 Å². The Bertz CT molecular complexity index is 229. The highest BCUT2D eigenvalue weighted by Gasteiger charge is 2.09. The van der Waals surface area contributed by atoms with Crippen molar-refractivity contribution in [2.75, 3.05) is 0 Å². The van der Waals surface area contributed by atoms with E-state index in [0.717, 1.165) is 20.1 Å². The number of halogens is 2. The molecule has 1 rings (SSSR count). The van der Waals surface area contributed by atoms with Crippen molar-refractivity contribution in [3.8, 4) is 0 Å². The van der Waals surface area contributed by atoms with Crippen LogP contribution in [-0.2, 0) is 0 Å². The maximum absolute atomic E-state index is 5.84. The van der Waals surface area contributed by atoms with Gasteiger partial charge in [0.15, 0.2) is 0 Å². The van der Waals surface area contributed by atoms with Gasteiger partial charge in [-0.2, -0.15) is 0 Å². The molecule has 0 aliphatic rings. The lowest BCUT2D eigenvalue weighted by Gasteiger charge is -2.02. The predicted octanol–water partition coefficient (Wildman–Crippen LogP) is 3.57. The SMILES string of the molecule is CC[C@H](N)c1cc(Cl)c(Br)s1. The molecular formula is C7H9BrClNS. The third-order valence-corrected chi connectivity index (χ3v) is 4.08. The lowest BCUT2D eigenvalue weighted by molar-refractivity contribution is 0.712. The summed E-state index contributed by atoms with van der Waals surface area (Å²) in [6.45, 7) is 2.06. The molecule has 1 heterocycles. The molecule has 0 aromatic carbocycles. The van der Waals surface area contributed by atoms with E-state index >= 15 is 0 Å². The summed E-state index contributed by atoms with van der Waals surface area (Å²) in [5.74, 6) is 0. The van der Waals surface area contributed by atoms with Crippen molar-refractivity contribution < 1.29 is 0 Å². The Morgan fingerprint density at radius 3 is 2.82 bits per heavy atom. The number of hydrogen-bond donors (Lipinski definition) is 1. The van der Waals surface area contributed by atoms with Crippen LogP contribution in [0, 0.1) is 0 Å². The van der Waals surface area contributed by atoms with Crippen molar-refractivity contribution >= 4 is 38.9 Å². The van der Waals surface area contributed by atoms with Crippen LogP contribution < -0.4 is 5.73 Å². The fourth-order valence-electron chi connectivity index (χ4n) is 0.747. The first-order valence-electron chi connectivity index (χ1n) is 3.35. The fourth-order valence-corrected chi connectivity index (χ4v) is 2.58. The van der Waals surface area contributed by atoms with E-state index in [-0.39, 0.29) is 6.04 Å². The zero-order valence-electron chi connectivity index (χ0n) is 6.10. The third kappa shape index (κ3) is 2.18. The molecule has 2 N–H and O–H groups in total. The standard InChI is InChI=1S/C7H9BrClNS/c1-2-5(10)6-3-4(9)7(8)11-6/h3,5H,2,10H2,1H3/t5-/m0/s1. The molecule has 0 amide bonds. The van der Waals surface area contributed by atoms with E-state index in [2.05, 4.69) is 22.9 Å². The molecule has 1 atom stereocenters. The first-order valence-corrected chi connectivity index (χ1v) is 5.34. The van der Waals surface area contributed by atoms with Crippen molar-refractivity contribution in [3.63, 3.8) is 0 Å². The molecule has 0 aliphatic carbocycles. The maximum atomic E-state index is 5.84. The number of hydrogen-bond acceptors (Lipinski definition) is 2. The van der Waals surface area contributed by atoms with Gasteiger partial charge in [0, 0.05) is 10.9 Å². The molecule has 0 saturated carbocycles. The third-order valence-electron chi connectivity index (χ3n) is 1.47. The molecule has 4 heteroatoms. The highest BCUT2D eigenvalue weighted by molar-refractivity contribution is 9.11.